The highest BCUT2D eigenvalue weighted by atomic mass is 35.5. The molecule has 1 aliphatic carbocycles. The molecule has 0 unspecified atom stereocenters. The summed E-state index contributed by atoms with van der Waals surface area (Å²) in [6.45, 7) is 1.63. The second kappa shape index (κ2) is 9.99. The van der Waals surface area contributed by atoms with Crippen LogP contribution < -0.4 is 4.74 Å². The number of aromatic nitrogens is 2. The smallest absolute Gasteiger partial charge is 0.272 e. The van der Waals surface area contributed by atoms with E-state index in [0.717, 1.165) is 31.2 Å². The van der Waals surface area contributed by atoms with Crippen molar-refractivity contribution >= 4 is 23.2 Å². The molecule has 0 atom stereocenters. The van der Waals surface area contributed by atoms with Crippen molar-refractivity contribution in [2.24, 2.45) is 0 Å². The van der Waals surface area contributed by atoms with Crippen molar-refractivity contribution in [1.82, 2.24) is 15.0 Å². The van der Waals surface area contributed by atoms with Gasteiger partial charge in [-0.15, -0.1) is 0 Å². The molecule has 2 aromatic carbocycles. The summed E-state index contributed by atoms with van der Waals surface area (Å²) in [5.74, 6) is 0.967. The van der Waals surface area contributed by atoms with Crippen LogP contribution in [-0.2, 0) is 11.3 Å². The predicted octanol–water partition coefficient (Wildman–Crippen LogP) is 4.96. The zero-order valence-electron chi connectivity index (χ0n) is 18.1. The van der Waals surface area contributed by atoms with Crippen molar-refractivity contribution in [1.29, 1.82) is 0 Å². The molecule has 1 amide bonds. The molecular formula is C23H23ClN4O5. The zero-order valence-corrected chi connectivity index (χ0v) is 18.8. The number of nitro benzene ring substituents is 1. The maximum atomic E-state index is 13.1. The van der Waals surface area contributed by atoms with Gasteiger partial charge in [0.25, 0.3) is 11.6 Å². The minimum absolute atomic E-state index is 0.00847. The molecule has 1 saturated carbocycles. The SMILES string of the molecule is Cc1cc(OCC(=O)N(Cc2nc(-c3ccc(Cl)cc3)no2)C2CCCC2)ccc1[N+](=O)[O-]. The van der Waals surface area contributed by atoms with Crippen LogP contribution in [0.4, 0.5) is 5.69 Å². The number of hydrogen-bond acceptors (Lipinski definition) is 7. The van der Waals surface area contributed by atoms with Crippen molar-refractivity contribution < 1.29 is 19.0 Å². The number of ether oxygens (including phenoxy) is 1. The van der Waals surface area contributed by atoms with Gasteiger partial charge in [-0.25, -0.2) is 0 Å². The molecule has 1 aromatic heterocycles. The largest absolute Gasteiger partial charge is 0.484 e. The third-order valence-electron chi connectivity index (χ3n) is 5.69. The first-order valence-electron chi connectivity index (χ1n) is 10.7. The number of rotatable bonds is 8. The number of carbonyl (C=O) groups is 1. The minimum atomic E-state index is -0.450. The minimum Gasteiger partial charge on any atom is -0.484 e. The van der Waals surface area contributed by atoms with E-state index >= 15 is 0 Å². The summed E-state index contributed by atoms with van der Waals surface area (Å²) in [5.41, 5.74) is 1.25. The lowest BCUT2D eigenvalue weighted by Gasteiger charge is -2.27. The Bertz CT molecular complexity index is 1140. The summed E-state index contributed by atoms with van der Waals surface area (Å²) in [6, 6.07) is 11.6. The number of halogens is 1. The molecule has 9 nitrogen and oxygen atoms in total. The molecule has 0 spiro atoms. The Kier molecular flexibility index (Phi) is 6.88. The van der Waals surface area contributed by atoms with Gasteiger partial charge in [0.05, 0.1) is 4.92 Å². The molecule has 1 fully saturated rings. The molecule has 0 bridgehead atoms. The molecule has 1 aliphatic rings. The van der Waals surface area contributed by atoms with Gasteiger partial charge in [-0.2, -0.15) is 4.98 Å². The average molecular weight is 471 g/mol. The van der Waals surface area contributed by atoms with Gasteiger partial charge >= 0.3 is 0 Å². The summed E-state index contributed by atoms with van der Waals surface area (Å²) in [5, 5.41) is 15.6. The van der Waals surface area contributed by atoms with Crippen LogP contribution in [0.15, 0.2) is 47.0 Å². The summed E-state index contributed by atoms with van der Waals surface area (Å²) in [4.78, 5) is 29.8. The van der Waals surface area contributed by atoms with Crippen molar-refractivity contribution in [2.45, 2.75) is 45.2 Å². The molecular weight excluding hydrogens is 448 g/mol. The van der Waals surface area contributed by atoms with Gasteiger partial charge in [0.15, 0.2) is 6.61 Å². The maximum Gasteiger partial charge on any atom is 0.272 e. The molecule has 0 N–H and O–H groups in total. The average Bonchev–Trinajstić information content (AvgIpc) is 3.48. The Morgan fingerprint density at radius 2 is 1.97 bits per heavy atom. The van der Waals surface area contributed by atoms with E-state index in [2.05, 4.69) is 10.1 Å². The highest BCUT2D eigenvalue weighted by Gasteiger charge is 2.29. The lowest BCUT2D eigenvalue weighted by Crippen LogP contribution is -2.41. The van der Waals surface area contributed by atoms with Gasteiger partial charge in [-0.1, -0.05) is 29.6 Å². The van der Waals surface area contributed by atoms with Crippen LogP contribution in [0.25, 0.3) is 11.4 Å². The topological polar surface area (TPSA) is 112 Å². The number of nitrogens with zero attached hydrogens (tertiary/aromatic N) is 4. The first kappa shape index (κ1) is 22.7. The fourth-order valence-electron chi connectivity index (χ4n) is 3.97. The molecule has 4 rings (SSSR count). The summed E-state index contributed by atoms with van der Waals surface area (Å²) in [6.07, 6.45) is 3.91. The third-order valence-corrected chi connectivity index (χ3v) is 5.94. The Hall–Kier alpha value is -3.46. The highest BCUT2D eigenvalue weighted by Crippen LogP contribution is 2.27. The first-order valence-corrected chi connectivity index (χ1v) is 11.0. The predicted molar refractivity (Wildman–Crippen MR) is 121 cm³/mol. The molecule has 10 heteroatoms. The van der Waals surface area contributed by atoms with Crippen LogP contribution in [0.5, 0.6) is 5.75 Å². The van der Waals surface area contributed by atoms with Crippen LogP contribution in [0, 0.1) is 17.0 Å². The van der Waals surface area contributed by atoms with E-state index < -0.39 is 4.92 Å². The number of hydrogen-bond donors (Lipinski definition) is 0. The Morgan fingerprint density at radius 1 is 1.24 bits per heavy atom. The van der Waals surface area contributed by atoms with E-state index in [4.69, 9.17) is 20.9 Å². The fourth-order valence-corrected chi connectivity index (χ4v) is 4.09. The van der Waals surface area contributed by atoms with Crippen molar-refractivity contribution in [3.63, 3.8) is 0 Å². The summed E-state index contributed by atoms with van der Waals surface area (Å²) in [7, 11) is 0. The standard InChI is InChI=1S/C23H23ClN4O5/c1-15-12-19(10-11-20(15)28(30)31)32-14-22(29)27(18-4-2-3-5-18)13-21-25-23(26-33-21)16-6-8-17(24)9-7-16/h6-12,18H,2-5,13-14H2,1H3. The molecule has 3 aromatic rings. The third kappa shape index (κ3) is 5.48. The maximum absolute atomic E-state index is 13.1. The fraction of sp³-hybridized carbons (Fsp3) is 0.348. The molecule has 33 heavy (non-hydrogen) atoms. The monoisotopic (exact) mass is 470 g/mol. The highest BCUT2D eigenvalue weighted by molar-refractivity contribution is 6.30. The first-order chi connectivity index (χ1) is 15.9. The van der Waals surface area contributed by atoms with Crippen LogP contribution in [0.2, 0.25) is 5.02 Å². The second-order valence-electron chi connectivity index (χ2n) is 7.97. The molecule has 0 radical (unpaired) electrons. The quantitative estimate of drug-likeness (QED) is 0.338. The number of aryl methyl sites for hydroxylation is 1. The molecule has 172 valence electrons. The molecule has 0 saturated heterocycles. The number of benzene rings is 2. The van der Waals surface area contributed by atoms with E-state index in [9.17, 15) is 14.9 Å². The van der Waals surface area contributed by atoms with Gasteiger partial charge in [0.2, 0.25) is 11.7 Å². The van der Waals surface area contributed by atoms with Gasteiger partial charge in [-0.05, 0) is 56.2 Å². The number of carbonyl (C=O) groups excluding carboxylic acids is 1. The number of nitro groups is 1. The summed E-state index contributed by atoms with van der Waals surface area (Å²) < 4.78 is 11.1. The summed E-state index contributed by atoms with van der Waals surface area (Å²) >= 11 is 5.93. The van der Waals surface area contributed by atoms with E-state index in [0.29, 0.717) is 28.1 Å². The lowest BCUT2D eigenvalue weighted by atomic mass is 10.2. The Morgan fingerprint density at radius 3 is 2.64 bits per heavy atom. The molecule has 0 aliphatic heterocycles. The van der Waals surface area contributed by atoms with E-state index in [1.165, 1.54) is 12.1 Å². The van der Waals surface area contributed by atoms with E-state index in [1.807, 2.05) is 0 Å². The van der Waals surface area contributed by atoms with E-state index in [1.54, 1.807) is 42.2 Å². The van der Waals surface area contributed by atoms with Crippen molar-refractivity contribution in [3.8, 4) is 17.1 Å². The zero-order chi connectivity index (χ0) is 23.4. The van der Waals surface area contributed by atoms with Gasteiger partial charge in [-0.3, -0.25) is 14.9 Å². The van der Waals surface area contributed by atoms with Gasteiger partial charge < -0.3 is 14.2 Å². The van der Waals surface area contributed by atoms with Gasteiger partial charge in [0, 0.05) is 28.3 Å². The van der Waals surface area contributed by atoms with Crippen molar-refractivity contribution in [2.75, 3.05) is 6.61 Å². The number of amides is 1. The second-order valence-corrected chi connectivity index (χ2v) is 8.41. The Balaban J connectivity index is 1.45. The normalized spacial score (nSPS) is 13.8. The van der Waals surface area contributed by atoms with Crippen LogP contribution >= 0.6 is 11.6 Å². The van der Waals surface area contributed by atoms with Crippen molar-refractivity contribution in [3.05, 3.63) is 69.1 Å². The van der Waals surface area contributed by atoms with E-state index in [-0.39, 0.29) is 30.8 Å². The molecule has 1 heterocycles. The lowest BCUT2D eigenvalue weighted by molar-refractivity contribution is -0.385. The van der Waals surface area contributed by atoms with Crippen LogP contribution in [0.1, 0.15) is 37.1 Å². The van der Waals surface area contributed by atoms with Crippen LogP contribution in [0.3, 0.4) is 0 Å². The van der Waals surface area contributed by atoms with Gasteiger partial charge in [0.1, 0.15) is 12.3 Å². The van der Waals surface area contributed by atoms with Crippen LogP contribution in [-0.4, -0.2) is 38.5 Å². The Labute approximate surface area is 195 Å².